The average Bonchev–Trinajstić information content (AvgIpc) is 3.40. The molecule has 1 aliphatic carbocycles. The van der Waals surface area contributed by atoms with Gasteiger partial charge in [-0.15, -0.1) is 0 Å². The van der Waals surface area contributed by atoms with Crippen molar-refractivity contribution in [1.82, 2.24) is 4.72 Å². The molecule has 138 valence electrons. The molecular formula is C19H21FN2O3S. The van der Waals surface area contributed by atoms with E-state index in [2.05, 4.69) is 4.72 Å². The zero-order chi connectivity index (χ0) is 18.9. The predicted octanol–water partition coefficient (Wildman–Crippen LogP) is 3.24. The molecule has 7 heteroatoms. The molecule has 0 saturated heterocycles. The van der Waals surface area contributed by atoms with Gasteiger partial charge in [0.2, 0.25) is 10.0 Å². The maximum Gasteiger partial charge on any atom is 0.258 e. The highest BCUT2D eigenvalue weighted by Gasteiger charge is 2.29. The maximum atomic E-state index is 13.2. The summed E-state index contributed by atoms with van der Waals surface area (Å²) in [6, 6.07) is 10.2. The van der Waals surface area contributed by atoms with Gasteiger partial charge in [-0.1, -0.05) is 6.07 Å². The molecule has 26 heavy (non-hydrogen) atoms. The minimum Gasteiger partial charge on any atom is -0.309 e. The van der Waals surface area contributed by atoms with Crippen LogP contribution in [0.15, 0.2) is 47.4 Å². The molecule has 0 bridgehead atoms. The number of aryl methyl sites for hydroxylation is 1. The number of halogens is 1. The van der Waals surface area contributed by atoms with E-state index in [4.69, 9.17) is 0 Å². The van der Waals surface area contributed by atoms with Gasteiger partial charge >= 0.3 is 0 Å². The van der Waals surface area contributed by atoms with E-state index in [1.54, 1.807) is 13.0 Å². The molecule has 0 radical (unpaired) electrons. The summed E-state index contributed by atoms with van der Waals surface area (Å²) in [6.45, 7) is 3.95. The van der Waals surface area contributed by atoms with Crippen LogP contribution in [0.2, 0.25) is 0 Å². The molecular weight excluding hydrogens is 355 g/mol. The van der Waals surface area contributed by atoms with Crippen molar-refractivity contribution >= 4 is 21.6 Å². The molecule has 0 heterocycles. The van der Waals surface area contributed by atoms with Crippen molar-refractivity contribution in [3.8, 4) is 0 Å². The van der Waals surface area contributed by atoms with Crippen LogP contribution in [-0.2, 0) is 10.0 Å². The quantitative estimate of drug-likeness (QED) is 0.842. The maximum absolute atomic E-state index is 13.2. The molecule has 0 atom stereocenters. The van der Waals surface area contributed by atoms with Crippen molar-refractivity contribution < 1.29 is 17.6 Å². The minimum absolute atomic E-state index is 0.00758. The van der Waals surface area contributed by atoms with E-state index in [1.165, 1.54) is 41.3 Å². The molecule has 0 aromatic heterocycles. The van der Waals surface area contributed by atoms with Crippen LogP contribution in [0.5, 0.6) is 0 Å². The van der Waals surface area contributed by atoms with Crippen molar-refractivity contribution in [3.05, 3.63) is 59.4 Å². The highest BCUT2D eigenvalue weighted by Crippen LogP contribution is 2.25. The van der Waals surface area contributed by atoms with E-state index in [-0.39, 0.29) is 22.7 Å². The van der Waals surface area contributed by atoms with Gasteiger partial charge in [0.1, 0.15) is 5.82 Å². The second kappa shape index (κ2) is 7.17. The third-order valence-electron chi connectivity index (χ3n) is 4.35. The number of hydrogen-bond donors (Lipinski definition) is 1. The first-order valence-corrected chi connectivity index (χ1v) is 10.0. The zero-order valence-corrected chi connectivity index (χ0v) is 15.5. The summed E-state index contributed by atoms with van der Waals surface area (Å²) in [5, 5.41) is 0. The van der Waals surface area contributed by atoms with Crippen LogP contribution in [0, 0.1) is 12.7 Å². The Morgan fingerprint density at radius 3 is 2.42 bits per heavy atom. The summed E-state index contributed by atoms with van der Waals surface area (Å²) in [6.07, 6.45) is 1.68. The molecule has 2 aromatic carbocycles. The Morgan fingerprint density at radius 1 is 1.19 bits per heavy atom. The summed E-state index contributed by atoms with van der Waals surface area (Å²) in [7, 11) is -3.64. The van der Waals surface area contributed by atoms with E-state index >= 15 is 0 Å². The smallest absolute Gasteiger partial charge is 0.258 e. The lowest BCUT2D eigenvalue weighted by molar-refractivity contribution is 0.0987. The largest absolute Gasteiger partial charge is 0.309 e. The summed E-state index contributed by atoms with van der Waals surface area (Å²) in [5.74, 6) is -0.701. The Balaban J connectivity index is 1.94. The first-order valence-electron chi connectivity index (χ1n) is 8.52. The number of nitrogens with one attached hydrogen (secondary N) is 1. The van der Waals surface area contributed by atoms with Crippen LogP contribution in [0.1, 0.15) is 35.7 Å². The van der Waals surface area contributed by atoms with Gasteiger partial charge in [-0.2, -0.15) is 0 Å². The molecule has 1 amide bonds. The number of sulfonamides is 1. The first kappa shape index (κ1) is 18.5. The molecule has 1 aliphatic rings. The van der Waals surface area contributed by atoms with Crippen molar-refractivity contribution in [2.24, 2.45) is 0 Å². The lowest BCUT2D eigenvalue weighted by atomic mass is 10.1. The topological polar surface area (TPSA) is 66.5 Å². The monoisotopic (exact) mass is 376 g/mol. The van der Waals surface area contributed by atoms with Gasteiger partial charge in [0.05, 0.1) is 4.90 Å². The fourth-order valence-corrected chi connectivity index (χ4v) is 4.03. The number of hydrogen-bond acceptors (Lipinski definition) is 3. The van der Waals surface area contributed by atoms with Crippen molar-refractivity contribution in [3.63, 3.8) is 0 Å². The van der Waals surface area contributed by atoms with Crippen molar-refractivity contribution in [2.75, 3.05) is 11.4 Å². The number of rotatable bonds is 6. The second-order valence-electron chi connectivity index (χ2n) is 6.40. The number of carbonyl (C=O) groups excluding carboxylic acids is 1. The van der Waals surface area contributed by atoms with E-state index in [9.17, 15) is 17.6 Å². The van der Waals surface area contributed by atoms with E-state index in [0.29, 0.717) is 23.4 Å². The van der Waals surface area contributed by atoms with Gasteiger partial charge in [-0.3, -0.25) is 4.79 Å². The number of benzene rings is 2. The first-order chi connectivity index (χ1) is 12.3. The molecule has 0 unspecified atom stereocenters. The fraction of sp³-hybridized carbons (Fsp3) is 0.316. The Hall–Kier alpha value is -2.25. The third-order valence-corrected chi connectivity index (χ3v) is 5.87. The van der Waals surface area contributed by atoms with Crippen molar-refractivity contribution in [1.29, 1.82) is 0 Å². The molecule has 0 aliphatic heterocycles. The Morgan fingerprint density at radius 2 is 1.85 bits per heavy atom. The number of anilines is 1. The van der Waals surface area contributed by atoms with Gasteiger partial charge in [0, 0.05) is 23.8 Å². The lowest BCUT2D eigenvalue weighted by Gasteiger charge is -2.22. The highest BCUT2D eigenvalue weighted by atomic mass is 32.2. The normalized spacial score (nSPS) is 14.3. The minimum atomic E-state index is -3.64. The van der Waals surface area contributed by atoms with Crippen LogP contribution in [-0.4, -0.2) is 26.9 Å². The third kappa shape index (κ3) is 3.94. The zero-order valence-electron chi connectivity index (χ0n) is 14.7. The molecule has 1 fully saturated rings. The van der Waals surface area contributed by atoms with Crippen LogP contribution in [0.25, 0.3) is 0 Å². The van der Waals surface area contributed by atoms with Gasteiger partial charge in [0.25, 0.3) is 5.91 Å². The predicted molar refractivity (Wildman–Crippen MR) is 98.3 cm³/mol. The standard InChI is InChI=1S/C19H21FN2O3S/c1-3-22(16-9-5-14(20)6-10-16)19(23)18-12-17(11-4-13(18)2)26(24,25)21-15-7-8-15/h4-6,9-12,15,21H,3,7-8H2,1-2H3. The lowest BCUT2D eigenvalue weighted by Crippen LogP contribution is -2.32. The van der Waals surface area contributed by atoms with Gasteiger partial charge in [-0.25, -0.2) is 17.5 Å². The second-order valence-corrected chi connectivity index (χ2v) is 8.11. The van der Waals surface area contributed by atoms with Gasteiger partial charge in [-0.05, 0) is 68.7 Å². The van der Waals surface area contributed by atoms with Crippen LogP contribution in [0.4, 0.5) is 10.1 Å². The molecule has 5 nitrogen and oxygen atoms in total. The SMILES string of the molecule is CCN(C(=O)c1cc(S(=O)(=O)NC2CC2)ccc1C)c1ccc(F)cc1. The van der Waals surface area contributed by atoms with Crippen LogP contribution >= 0.6 is 0 Å². The number of carbonyl (C=O) groups is 1. The highest BCUT2D eigenvalue weighted by molar-refractivity contribution is 7.89. The molecule has 1 saturated carbocycles. The van der Waals surface area contributed by atoms with E-state index in [1.807, 2.05) is 6.92 Å². The van der Waals surface area contributed by atoms with Crippen LogP contribution < -0.4 is 9.62 Å². The summed E-state index contributed by atoms with van der Waals surface area (Å²) < 4.78 is 40.7. The Labute approximate surface area is 152 Å². The van der Waals surface area contributed by atoms with Gasteiger partial charge in [0.15, 0.2) is 0 Å². The van der Waals surface area contributed by atoms with E-state index in [0.717, 1.165) is 12.8 Å². The molecule has 0 spiro atoms. The molecule has 1 N–H and O–H groups in total. The number of nitrogens with zero attached hydrogens (tertiary/aromatic N) is 1. The fourth-order valence-electron chi connectivity index (χ4n) is 2.70. The Kier molecular flexibility index (Phi) is 5.11. The summed E-state index contributed by atoms with van der Waals surface area (Å²) in [4.78, 5) is 14.6. The van der Waals surface area contributed by atoms with Crippen molar-refractivity contribution in [2.45, 2.75) is 37.6 Å². The van der Waals surface area contributed by atoms with Crippen LogP contribution in [0.3, 0.4) is 0 Å². The van der Waals surface area contributed by atoms with Gasteiger partial charge < -0.3 is 4.90 Å². The molecule has 2 aromatic rings. The Bertz CT molecular complexity index is 922. The summed E-state index contributed by atoms with van der Waals surface area (Å²) in [5.41, 5.74) is 1.55. The molecule has 3 rings (SSSR count). The average molecular weight is 376 g/mol. The summed E-state index contributed by atoms with van der Waals surface area (Å²) >= 11 is 0. The van der Waals surface area contributed by atoms with E-state index < -0.39 is 10.0 Å². The number of amides is 1.